The predicted octanol–water partition coefficient (Wildman–Crippen LogP) is 0.126. The van der Waals surface area contributed by atoms with Gasteiger partial charge in [-0.25, -0.2) is 0 Å². The first-order valence-corrected chi connectivity index (χ1v) is 4.84. The molecule has 12 heavy (non-hydrogen) atoms. The van der Waals surface area contributed by atoms with Crippen molar-refractivity contribution < 1.29 is 9.32 Å². The van der Waals surface area contributed by atoms with Gasteiger partial charge in [-0.1, -0.05) is 0 Å². The van der Waals surface area contributed by atoms with Gasteiger partial charge in [0.25, 0.3) is 5.56 Å². The summed E-state index contributed by atoms with van der Waals surface area (Å²) in [6, 6.07) is 1.37. The molecule has 0 radical (unpaired) electrons. The predicted molar refractivity (Wildman–Crippen MR) is 45.8 cm³/mol. The summed E-state index contributed by atoms with van der Waals surface area (Å²) in [4.78, 5) is 13.5. The van der Waals surface area contributed by atoms with Crippen molar-refractivity contribution in [1.82, 2.24) is 4.98 Å². The lowest BCUT2D eigenvalue weighted by molar-refractivity contribution is 0.457. The zero-order valence-corrected chi connectivity index (χ0v) is 7.57. The Bertz CT molecular complexity index is 383. The third-order valence-corrected chi connectivity index (χ3v) is 2.36. The Morgan fingerprint density at radius 2 is 2.17 bits per heavy atom. The first-order valence-electron chi connectivity index (χ1n) is 3.28. The second-order valence-corrected chi connectivity index (χ2v) is 3.77. The smallest absolute Gasteiger partial charge is 0.268 e. The summed E-state index contributed by atoms with van der Waals surface area (Å²) in [5.41, 5.74) is 0.0556. The van der Waals surface area contributed by atoms with Gasteiger partial charge in [0, 0.05) is 18.0 Å². The van der Waals surface area contributed by atoms with E-state index in [0.29, 0.717) is 5.69 Å². The van der Waals surface area contributed by atoms with E-state index >= 15 is 0 Å². The maximum atomic E-state index is 11.1. The van der Waals surface area contributed by atoms with E-state index in [2.05, 4.69) is 4.98 Å². The lowest BCUT2D eigenvalue weighted by Crippen LogP contribution is -2.13. The van der Waals surface area contributed by atoms with Gasteiger partial charge in [0.15, 0.2) is 0 Å². The highest BCUT2D eigenvalue weighted by atomic mass is 32.2. The number of aromatic nitrogens is 1. The summed E-state index contributed by atoms with van der Waals surface area (Å²) >= 11 is 0. The van der Waals surface area contributed by atoms with Gasteiger partial charge in [0.05, 0.1) is 10.8 Å². The number of aryl methyl sites for hydroxylation is 1. The monoisotopic (exact) mass is 187 g/mol. The molecule has 0 saturated carbocycles. The molecule has 0 fully saturated rings. The lowest BCUT2D eigenvalue weighted by Gasteiger charge is -2.00. The fourth-order valence-electron chi connectivity index (χ4n) is 0.937. The van der Waals surface area contributed by atoms with Crippen molar-refractivity contribution in [2.45, 2.75) is 11.8 Å². The van der Waals surface area contributed by atoms with Crippen LogP contribution in [0.2, 0.25) is 0 Å². The normalized spacial score (nSPS) is 12.8. The molecule has 66 valence electrons. The molecule has 0 aliphatic heterocycles. The van der Waals surface area contributed by atoms with E-state index in [4.69, 9.17) is 0 Å². The fraction of sp³-hybridized carbons (Fsp3) is 0.286. The Kier molecular flexibility index (Phi) is 2.32. The summed E-state index contributed by atoms with van der Waals surface area (Å²) in [6.45, 7) is 1.64. The van der Waals surface area contributed by atoms with Crippen LogP contribution < -0.4 is 5.56 Å². The highest BCUT2D eigenvalue weighted by Gasteiger charge is 2.10. The Morgan fingerprint density at radius 3 is 2.58 bits per heavy atom. The van der Waals surface area contributed by atoms with Crippen LogP contribution in [0.15, 0.2) is 15.8 Å². The molecule has 0 saturated heterocycles. The molecule has 1 aromatic rings. The van der Waals surface area contributed by atoms with E-state index < -0.39 is 16.4 Å². The summed E-state index contributed by atoms with van der Waals surface area (Å²) in [5.74, 6) is -0.211. The number of hydrogen-bond donors (Lipinski definition) is 2. The molecular weight excluding hydrogens is 178 g/mol. The molecular formula is C7H9NO3S. The number of hydrogen-bond acceptors (Lipinski definition) is 3. The fourth-order valence-corrected chi connectivity index (χ4v) is 1.60. The van der Waals surface area contributed by atoms with Gasteiger partial charge in [-0.15, -0.1) is 0 Å². The number of aromatic amines is 1. The minimum Gasteiger partial charge on any atom is -0.506 e. The molecule has 0 amide bonds. The van der Waals surface area contributed by atoms with Crippen LogP contribution in [0.25, 0.3) is 0 Å². The molecule has 1 rings (SSSR count). The van der Waals surface area contributed by atoms with Crippen molar-refractivity contribution in [1.29, 1.82) is 0 Å². The van der Waals surface area contributed by atoms with Crippen LogP contribution in [0.1, 0.15) is 5.69 Å². The van der Waals surface area contributed by atoms with Crippen molar-refractivity contribution in [2.24, 2.45) is 0 Å². The van der Waals surface area contributed by atoms with Crippen LogP contribution in [-0.2, 0) is 10.8 Å². The van der Waals surface area contributed by atoms with E-state index in [1.165, 1.54) is 12.3 Å². The highest BCUT2D eigenvalue weighted by molar-refractivity contribution is 7.84. The standard InChI is InChI=1S/C7H9NO3S/c1-4-3-5(9)6(12(2)11)7(10)8-4/h3H,1-2H3,(H2,8,9,10). The van der Waals surface area contributed by atoms with Crippen molar-refractivity contribution in [3.63, 3.8) is 0 Å². The van der Waals surface area contributed by atoms with Crippen LogP contribution in [-0.4, -0.2) is 20.6 Å². The Morgan fingerprint density at radius 1 is 1.58 bits per heavy atom. The van der Waals surface area contributed by atoms with Gasteiger partial charge in [-0.3, -0.25) is 9.00 Å². The van der Waals surface area contributed by atoms with E-state index in [-0.39, 0.29) is 10.6 Å². The average molecular weight is 187 g/mol. The van der Waals surface area contributed by atoms with Gasteiger partial charge in [-0.2, -0.15) is 0 Å². The van der Waals surface area contributed by atoms with Crippen LogP contribution >= 0.6 is 0 Å². The van der Waals surface area contributed by atoms with Gasteiger partial charge in [0.2, 0.25) is 0 Å². The number of nitrogens with one attached hydrogen (secondary N) is 1. The summed E-state index contributed by atoms with van der Waals surface area (Å²) < 4.78 is 10.9. The van der Waals surface area contributed by atoms with Crippen molar-refractivity contribution >= 4 is 10.8 Å². The SMILES string of the molecule is Cc1cc(O)c(S(C)=O)c(=O)[nH]1. The first-order chi connectivity index (χ1) is 5.52. The third-order valence-electron chi connectivity index (χ3n) is 1.39. The molecule has 0 aromatic carbocycles. The molecule has 1 unspecified atom stereocenters. The van der Waals surface area contributed by atoms with Crippen LogP contribution in [0.3, 0.4) is 0 Å². The largest absolute Gasteiger partial charge is 0.506 e. The zero-order chi connectivity index (χ0) is 9.30. The maximum absolute atomic E-state index is 11.1. The second-order valence-electron chi connectivity index (χ2n) is 2.45. The Hall–Kier alpha value is -1.10. The number of aromatic hydroxyl groups is 1. The quantitative estimate of drug-likeness (QED) is 0.656. The van der Waals surface area contributed by atoms with Crippen molar-refractivity contribution in [3.05, 3.63) is 22.1 Å². The lowest BCUT2D eigenvalue weighted by atomic mass is 10.3. The third kappa shape index (κ3) is 1.55. The van der Waals surface area contributed by atoms with E-state index in [1.807, 2.05) is 0 Å². The second kappa shape index (κ2) is 3.10. The Balaban J connectivity index is 3.49. The van der Waals surface area contributed by atoms with Gasteiger partial charge in [0.1, 0.15) is 10.6 Å². The summed E-state index contributed by atoms with van der Waals surface area (Å²) in [6.07, 6.45) is 1.35. The highest BCUT2D eigenvalue weighted by Crippen LogP contribution is 2.15. The summed E-state index contributed by atoms with van der Waals surface area (Å²) in [7, 11) is -1.45. The van der Waals surface area contributed by atoms with Gasteiger partial charge < -0.3 is 10.1 Å². The molecule has 1 aromatic heterocycles. The molecule has 1 atom stereocenters. The van der Waals surface area contributed by atoms with Crippen LogP contribution in [0.5, 0.6) is 5.75 Å². The average Bonchev–Trinajstić information content (AvgIpc) is 1.82. The Labute approximate surface area is 71.7 Å². The molecule has 0 aliphatic carbocycles. The number of H-pyrrole nitrogens is 1. The van der Waals surface area contributed by atoms with Crippen molar-refractivity contribution in [3.8, 4) is 5.75 Å². The van der Waals surface area contributed by atoms with Gasteiger partial charge >= 0.3 is 0 Å². The molecule has 1 heterocycles. The van der Waals surface area contributed by atoms with E-state index in [1.54, 1.807) is 6.92 Å². The van der Waals surface area contributed by atoms with Crippen LogP contribution in [0, 0.1) is 6.92 Å². The molecule has 5 heteroatoms. The topological polar surface area (TPSA) is 70.2 Å². The minimum absolute atomic E-state index is 0.0689. The number of rotatable bonds is 1. The summed E-state index contributed by atoms with van der Waals surface area (Å²) in [5, 5.41) is 9.23. The van der Waals surface area contributed by atoms with E-state index in [9.17, 15) is 14.1 Å². The minimum atomic E-state index is -1.45. The molecule has 2 N–H and O–H groups in total. The first kappa shape index (κ1) is 8.99. The van der Waals surface area contributed by atoms with E-state index in [0.717, 1.165) is 0 Å². The van der Waals surface area contributed by atoms with Gasteiger partial charge in [-0.05, 0) is 6.92 Å². The zero-order valence-electron chi connectivity index (χ0n) is 6.75. The molecule has 0 bridgehead atoms. The maximum Gasteiger partial charge on any atom is 0.268 e. The number of pyridine rings is 1. The van der Waals surface area contributed by atoms with Crippen LogP contribution in [0.4, 0.5) is 0 Å². The molecule has 0 aliphatic rings. The van der Waals surface area contributed by atoms with Crippen molar-refractivity contribution in [2.75, 3.05) is 6.26 Å². The molecule has 4 nitrogen and oxygen atoms in total. The molecule has 0 spiro atoms.